The molecule has 2 rings (SSSR count). The summed E-state index contributed by atoms with van der Waals surface area (Å²) in [7, 11) is 0. The van der Waals surface area contributed by atoms with E-state index in [1.54, 1.807) is 17.0 Å². The van der Waals surface area contributed by atoms with E-state index in [4.69, 9.17) is 0 Å². The lowest BCUT2D eigenvalue weighted by Crippen LogP contribution is -2.42. The highest BCUT2D eigenvalue weighted by molar-refractivity contribution is 5.96. The van der Waals surface area contributed by atoms with Gasteiger partial charge in [0.15, 0.2) is 5.78 Å². The molecule has 1 amide bonds. The Morgan fingerprint density at radius 1 is 1.24 bits per heavy atom. The monoisotopic (exact) mass is 233 g/mol. The molecule has 1 aliphatic heterocycles. The van der Waals surface area contributed by atoms with Crippen LogP contribution in [0.25, 0.3) is 0 Å². The first-order chi connectivity index (χ1) is 8.13. The first-order valence-corrected chi connectivity index (χ1v) is 5.74. The van der Waals surface area contributed by atoms with Crippen LogP contribution >= 0.6 is 0 Å². The summed E-state index contributed by atoms with van der Waals surface area (Å²) in [6, 6.07) is 5.98. The molecule has 1 unspecified atom stereocenters. The Balaban J connectivity index is 2.35. The van der Waals surface area contributed by atoms with Gasteiger partial charge >= 0.3 is 0 Å². The third-order valence-electron chi connectivity index (χ3n) is 3.07. The predicted octanol–water partition coefficient (Wildman–Crippen LogP) is 1.64. The van der Waals surface area contributed by atoms with E-state index in [-0.39, 0.29) is 17.4 Å². The number of ketones is 1. The van der Waals surface area contributed by atoms with Crippen molar-refractivity contribution in [2.24, 2.45) is 0 Å². The van der Waals surface area contributed by atoms with Gasteiger partial charge in [-0.2, -0.15) is 0 Å². The summed E-state index contributed by atoms with van der Waals surface area (Å²) >= 11 is 0. The molecule has 0 radical (unpaired) electrons. The standard InChI is InChI=1S/C13H15NO3/c1-2-14-12(17)8-7-11(16)13(14)9-3-5-10(15)6-4-9/h3-6,13,15H,2,7-8H2,1H3. The average molecular weight is 233 g/mol. The highest BCUT2D eigenvalue weighted by atomic mass is 16.3. The minimum absolute atomic E-state index is 0.0187. The summed E-state index contributed by atoms with van der Waals surface area (Å²) in [5.41, 5.74) is 0.766. The second-order valence-electron chi connectivity index (χ2n) is 4.14. The van der Waals surface area contributed by atoms with Crippen LogP contribution in [0.5, 0.6) is 5.75 Å². The fourth-order valence-electron chi connectivity index (χ4n) is 2.21. The van der Waals surface area contributed by atoms with Crippen molar-refractivity contribution >= 4 is 11.7 Å². The van der Waals surface area contributed by atoms with Gasteiger partial charge < -0.3 is 10.0 Å². The summed E-state index contributed by atoms with van der Waals surface area (Å²) in [5.74, 6) is 0.244. The smallest absolute Gasteiger partial charge is 0.223 e. The van der Waals surface area contributed by atoms with Gasteiger partial charge in [-0.05, 0) is 24.6 Å². The Labute approximate surface area is 99.9 Å². The zero-order valence-corrected chi connectivity index (χ0v) is 9.72. The molecule has 1 aromatic carbocycles. The van der Waals surface area contributed by atoms with E-state index in [0.717, 1.165) is 5.56 Å². The molecule has 0 saturated carbocycles. The maximum atomic E-state index is 11.9. The number of carbonyl (C=O) groups is 2. The Kier molecular flexibility index (Phi) is 3.13. The van der Waals surface area contributed by atoms with Crippen molar-refractivity contribution in [1.82, 2.24) is 4.90 Å². The van der Waals surface area contributed by atoms with Gasteiger partial charge in [-0.25, -0.2) is 0 Å². The van der Waals surface area contributed by atoms with Gasteiger partial charge in [-0.1, -0.05) is 12.1 Å². The van der Waals surface area contributed by atoms with Gasteiger partial charge in [-0.15, -0.1) is 0 Å². The van der Waals surface area contributed by atoms with Crippen molar-refractivity contribution in [2.45, 2.75) is 25.8 Å². The number of aromatic hydroxyl groups is 1. The van der Waals surface area contributed by atoms with Gasteiger partial charge in [-0.3, -0.25) is 9.59 Å². The van der Waals surface area contributed by atoms with E-state index in [2.05, 4.69) is 0 Å². The number of hydrogen-bond donors (Lipinski definition) is 1. The summed E-state index contributed by atoms with van der Waals surface area (Å²) < 4.78 is 0. The van der Waals surface area contributed by atoms with Crippen LogP contribution in [-0.2, 0) is 9.59 Å². The fourth-order valence-corrected chi connectivity index (χ4v) is 2.21. The number of piperidine rings is 1. The average Bonchev–Trinajstić information content (AvgIpc) is 2.33. The minimum Gasteiger partial charge on any atom is -0.508 e. The first kappa shape index (κ1) is 11.6. The lowest BCUT2D eigenvalue weighted by molar-refractivity contribution is -0.145. The molecule has 1 atom stereocenters. The number of phenols is 1. The van der Waals surface area contributed by atoms with Crippen molar-refractivity contribution in [3.63, 3.8) is 0 Å². The molecule has 1 heterocycles. The molecule has 1 aromatic rings. The summed E-state index contributed by atoms with van der Waals surface area (Å²) in [4.78, 5) is 25.3. The second-order valence-corrected chi connectivity index (χ2v) is 4.14. The molecule has 1 aliphatic rings. The van der Waals surface area contributed by atoms with Crippen molar-refractivity contribution in [3.05, 3.63) is 29.8 Å². The third kappa shape index (κ3) is 2.16. The van der Waals surface area contributed by atoms with Crippen molar-refractivity contribution in [1.29, 1.82) is 0 Å². The quantitative estimate of drug-likeness (QED) is 0.844. The Hall–Kier alpha value is -1.84. The minimum atomic E-state index is -0.484. The number of nitrogens with zero attached hydrogens (tertiary/aromatic N) is 1. The van der Waals surface area contributed by atoms with Gasteiger partial charge in [0.1, 0.15) is 11.8 Å². The first-order valence-electron chi connectivity index (χ1n) is 5.74. The van der Waals surface area contributed by atoms with E-state index in [1.165, 1.54) is 12.1 Å². The van der Waals surface area contributed by atoms with Crippen molar-refractivity contribution in [3.8, 4) is 5.75 Å². The van der Waals surface area contributed by atoms with Gasteiger partial charge in [0.2, 0.25) is 5.91 Å². The normalized spacial score (nSPS) is 20.8. The van der Waals surface area contributed by atoms with Crippen molar-refractivity contribution in [2.75, 3.05) is 6.54 Å². The molecule has 0 aliphatic carbocycles. The molecule has 90 valence electrons. The number of phenolic OH excluding ortho intramolecular Hbond substituents is 1. The maximum Gasteiger partial charge on any atom is 0.223 e. The van der Waals surface area contributed by atoms with Gasteiger partial charge in [0.25, 0.3) is 0 Å². The number of carbonyl (C=O) groups excluding carboxylic acids is 2. The molecular formula is C13H15NO3. The number of Topliss-reactive ketones (excluding diaryl/α,β-unsaturated/α-hetero) is 1. The highest BCUT2D eigenvalue weighted by Crippen LogP contribution is 2.29. The third-order valence-corrected chi connectivity index (χ3v) is 3.07. The molecule has 0 spiro atoms. The Morgan fingerprint density at radius 2 is 1.88 bits per heavy atom. The topological polar surface area (TPSA) is 57.6 Å². The zero-order valence-electron chi connectivity index (χ0n) is 9.72. The van der Waals surface area contributed by atoms with Crippen LogP contribution in [0.2, 0.25) is 0 Å². The molecule has 1 N–H and O–H groups in total. The lowest BCUT2D eigenvalue weighted by Gasteiger charge is -2.33. The molecule has 4 heteroatoms. The van der Waals surface area contributed by atoms with E-state index >= 15 is 0 Å². The summed E-state index contributed by atoms with van der Waals surface area (Å²) in [6.45, 7) is 2.39. The van der Waals surface area contributed by atoms with Crippen LogP contribution in [0.1, 0.15) is 31.4 Å². The SMILES string of the molecule is CCN1C(=O)CCC(=O)C1c1ccc(O)cc1. The van der Waals surface area contributed by atoms with Crippen LogP contribution in [0.4, 0.5) is 0 Å². The molecule has 0 aromatic heterocycles. The van der Waals surface area contributed by atoms with E-state index < -0.39 is 6.04 Å². The second kappa shape index (κ2) is 4.57. The highest BCUT2D eigenvalue weighted by Gasteiger charge is 2.34. The van der Waals surface area contributed by atoms with Gasteiger partial charge in [0, 0.05) is 19.4 Å². The summed E-state index contributed by atoms with van der Waals surface area (Å²) in [5, 5.41) is 9.23. The number of amides is 1. The van der Waals surface area contributed by atoms with Crippen LogP contribution in [-0.4, -0.2) is 28.2 Å². The van der Waals surface area contributed by atoms with E-state index in [9.17, 15) is 14.7 Å². The van der Waals surface area contributed by atoms with Crippen LogP contribution in [0, 0.1) is 0 Å². The molecule has 17 heavy (non-hydrogen) atoms. The van der Waals surface area contributed by atoms with Gasteiger partial charge in [0.05, 0.1) is 0 Å². The van der Waals surface area contributed by atoms with Crippen molar-refractivity contribution < 1.29 is 14.7 Å². The zero-order chi connectivity index (χ0) is 12.4. The number of rotatable bonds is 2. The fraction of sp³-hybridized carbons (Fsp3) is 0.385. The predicted molar refractivity (Wildman–Crippen MR) is 62.5 cm³/mol. The largest absolute Gasteiger partial charge is 0.508 e. The van der Waals surface area contributed by atoms with Crippen LogP contribution < -0.4 is 0 Å². The van der Waals surface area contributed by atoms with Crippen LogP contribution in [0.3, 0.4) is 0 Å². The maximum absolute atomic E-state index is 11.9. The molecule has 1 saturated heterocycles. The van der Waals surface area contributed by atoms with Crippen LogP contribution in [0.15, 0.2) is 24.3 Å². The Bertz CT molecular complexity index is 438. The Morgan fingerprint density at radius 3 is 2.47 bits per heavy atom. The molecule has 4 nitrogen and oxygen atoms in total. The van der Waals surface area contributed by atoms with E-state index in [0.29, 0.717) is 19.4 Å². The number of benzene rings is 1. The molecule has 0 bridgehead atoms. The molecule has 1 fully saturated rings. The molecular weight excluding hydrogens is 218 g/mol. The lowest BCUT2D eigenvalue weighted by atomic mass is 9.93. The number of hydrogen-bond acceptors (Lipinski definition) is 3. The number of likely N-dealkylation sites (N-methyl/N-ethyl adjacent to an activating group) is 1. The van der Waals surface area contributed by atoms with E-state index in [1.807, 2.05) is 6.92 Å². The summed E-state index contributed by atoms with van der Waals surface area (Å²) in [6.07, 6.45) is 0.613. The number of likely N-dealkylation sites (tertiary alicyclic amines) is 1.